The number of methoxy groups -OCH3 is 1. The highest BCUT2D eigenvalue weighted by molar-refractivity contribution is 7.92. The number of hydrogen-bond donors (Lipinski definition) is 1. The number of nitrogens with zero attached hydrogens (tertiary/aromatic N) is 2. The molecule has 0 spiro atoms. The Bertz CT molecular complexity index is 1490. The summed E-state index contributed by atoms with van der Waals surface area (Å²) in [5.41, 5.74) is 1.58. The lowest BCUT2D eigenvalue weighted by molar-refractivity contribution is 0.0926. The van der Waals surface area contributed by atoms with Gasteiger partial charge in [-0.25, -0.2) is 21.2 Å². The molecule has 0 bridgehead atoms. The van der Waals surface area contributed by atoms with Crippen LogP contribution in [0, 0.1) is 5.82 Å². The second-order valence-corrected chi connectivity index (χ2v) is 13.0. The predicted octanol–water partition coefficient (Wildman–Crippen LogP) is 4.07. The van der Waals surface area contributed by atoms with Crippen LogP contribution >= 0.6 is 0 Å². The minimum absolute atomic E-state index is 0.0373. The Balaban J connectivity index is 1.68. The van der Waals surface area contributed by atoms with Crippen molar-refractivity contribution in [1.82, 2.24) is 4.31 Å². The fourth-order valence-corrected chi connectivity index (χ4v) is 6.89. The zero-order chi connectivity index (χ0) is 28.2. The number of halogens is 1. The van der Waals surface area contributed by atoms with Crippen LogP contribution < -0.4 is 14.4 Å². The summed E-state index contributed by atoms with van der Waals surface area (Å²) in [7, 11) is -2.81. The van der Waals surface area contributed by atoms with Gasteiger partial charge in [0.15, 0.2) is 0 Å². The van der Waals surface area contributed by atoms with E-state index in [2.05, 4.69) is 4.72 Å². The lowest BCUT2D eigenvalue weighted by atomic mass is 10.1. The molecule has 0 radical (unpaired) electrons. The number of nitrogens with one attached hydrogen (secondary N) is 1. The van der Waals surface area contributed by atoms with E-state index in [-0.39, 0.29) is 34.7 Å². The third-order valence-electron chi connectivity index (χ3n) is 6.41. The molecular formula is C27H32FN3O6S2. The summed E-state index contributed by atoms with van der Waals surface area (Å²) in [6.07, 6.45) is 1.28. The summed E-state index contributed by atoms with van der Waals surface area (Å²) in [5.74, 6) is -0.00775. The Hall–Kier alpha value is -3.19. The Kier molecular flexibility index (Phi) is 8.80. The van der Waals surface area contributed by atoms with Crippen molar-refractivity contribution < 1.29 is 30.7 Å². The lowest BCUT2D eigenvalue weighted by Gasteiger charge is -2.27. The second kappa shape index (κ2) is 11.9. The molecule has 1 fully saturated rings. The van der Waals surface area contributed by atoms with Gasteiger partial charge in [0.1, 0.15) is 11.6 Å². The monoisotopic (exact) mass is 577 g/mol. The summed E-state index contributed by atoms with van der Waals surface area (Å²) in [5, 5.41) is 0. The van der Waals surface area contributed by atoms with Crippen molar-refractivity contribution in [3.05, 3.63) is 78.1 Å². The standard InChI is InChI=1S/C27H32FN3O6S2/c1-30(2)27-15-8-22(29-38(32,33)25-13-9-23(36-3)10-14-25)17-20(27)18-31(19-24-5-4-16-37-24)39(34,35)26-11-6-21(28)7-12-26/h6-15,17,24,29H,4-5,16,18-19H2,1-3H3. The van der Waals surface area contributed by atoms with Crippen LogP contribution in [-0.2, 0) is 31.3 Å². The Labute approximate surface area is 229 Å². The van der Waals surface area contributed by atoms with Gasteiger partial charge in [0, 0.05) is 45.2 Å². The van der Waals surface area contributed by atoms with Crippen LogP contribution in [0.25, 0.3) is 0 Å². The molecule has 3 aromatic rings. The van der Waals surface area contributed by atoms with Crippen LogP contribution in [0.15, 0.2) is 76.5 Å². The molecule has 1 heterocycles. The van der Waals surface area contributed by atoms with E-state index in [1.807, 2.05) is 19.0 Å². The van der Waals surface area contributed by atoms with E-state index >= 15 is 0 Å². The summed E-state index contributed by atoms with van der Waals surface area (Å²) in [4.78, 5) is 1.84. The van der Waals surface area contributed by atoms with E-state index in [0.717, 1.165) is 25.0 Å². The number of benzene rings is 3. The van der Waals surface area contributed by atoms with Crippen molar-refractivity contribution in [3.8, 4) is 5.75 Å². The summed E-state index contributed by atoms with van der Waals surface area (Å²) < 4.78 is 81.7. The molecule has 0 aliphatic carbocycles. The molecule has 12 heteroatoms. The molecule has 0 saturated carbocycles. The minimum atomic E-state index is -4.03. The van der Waals surface area contributed by atoms with Gasteiger partial charge in [0.2, 0.25) is 10.0 Å². The van der Waals surface area contributed by atoms with Crippen molar-refractivity contribution >= 4 is 31.4 Å². The van der Waals surface area contributed by atoms with E-state index in [1.165, 1.54) is 35.7 Å². The highest BCUT2D eigenvalue weighted by Crippen LogP contribution is 2.29. The third-order valence-corrected chi connectivity index (χ3v) is 9.64. The van der Waals surface area contributed by atoms with Gasteiger partial charge in [-0.2, -0.15) is 4.31 Å². The first-order valence-corrected chi connectivity index (χ1v) is 15.3. The molecule has 4 rings (SSSR count). The van der Waals surface area contributed by atoms with Crippen LogP contribution in [0.4, 0.5) is 15.8 Å². The first-order chi connectivity index (χ1) is 18.5. The van der Waals surface area contributed by atoms with Crippen molar-refractivity contribution in [2.75, 3.05) is 44.0 Å². The molecule has 1 atom stereocenters. The first kappa shape index (κ1) is 28.8. The molecule has 1 aliphatic heterocycles. The highest BCUT2D eigenvalue weighted by atomic mass is 32.2. The van der Waals surface area contributed by atoms with Gasteiger partial charge in [0.25, 0.3) is 10.0 Å². The molecule has 3 aromatic carbocycles. The maximum atomic E-state index is 13.7. The zero-order valence-electron chi connectivity index (χ0n) is 22.0. The van der Waals surface area contributed by atoms with Gasteiger partial charge in [-0.3, -0.25) is 4.72 Å². The Morgan fingerprint density at radius 1 is 0.974 bits per heavy atom. The molecule has 1 N–H and O–H groups in total. The Morgan fingerprint density at radius 2 is 1.64 bits per heavy atom. The predicted molar refractivity (Wildman–Crippen MR) is 148 cm³/mol. The summed E-state index contributed by atoms with van der Waals surface area (Å²) >= 11 is 0. The van der Waals surface area contributed by atoms with Crippen molar-refractivity contribution in [1.29, 1.82) is 0 Å². The van der Waals surface area contributed by atoms with E-state index in [0.29, 0.717) is 23.6 Å². The van der Waals surface area contributed by atoms with Crippen LogP contribution in [0.2, 0.25) is 0 Å². The van der Waals surface area contributed by atoms with E-state index < -0.39 is 25.9 Å². The fourth-order valence-electron chi connectivity index (χ4n) is 4.39. The highest BCUT2D eigenvalue weighted by Gasteiger charge is 2.30. The van der Waals surface area contributed by atoms with Gasteiger partial charge < -0.3 is 14.4 Å². The normalized spacial score (nSPS) is 15.9. The molecule has 1 saturated heterocycles. The number of sulfonamides is 2. The van der Waals surface area contributed by atoms with Crippen molar-refractivity contribution in [2.24, 2.45) is 0 Å². The van der Waals surface area contributed by atoms with E-state index in [4.69, 9.17) is 9.47 Å². The smallest absolute Gasteiger partial charge is 0.261 e. The number of ether oxygens (including phenoxy) is 2. The number of rotatable bonds is 11. The topological polar surface area (TPSA) is 105 Å². The van der Waals surface area contributed by atoms with Crippen LogP contribution in [0.1, 0.15) is 18.4 Å². The summed E-state index contributed by atoms with van der Waals surface area (Å²) in [6.45, 7) is 0.611. The molecule has 1 aliphatic rings. The molecule has 1 unspecified atom stereocenters. The third kappa shape index (κ3) is 6.88. The number of anilines is 2. The van der Waals surface area contributed by atoms with Gasteiger partial charge >= 0.3 is 0 Å². The van der Waals surface area contributed by atoms with Gasteiger partial charge in [-0.15, -0.1) is 0 Å². The maximum Gasteiger partial charge on any atom is 0.261 e. The van der Waals surface area contributed by atoms with Crippen molar-refractivity contribution in [3.63, 3.8) is 0 Å². The second-order valence-electron chi connectivity index (χ2n) is 9.41. The number of hydrogen-bond acceptors (Lipinski definition) is 7. The maximum absolute atomic E-state index is 13.7. The summed E-state index contributed by atoms with van der Waals surface area (Å²) in [6, 6.07) is 15.7. The average molecular weight is 578 g/mol. The fraction of sp³-hybridized carbons (Fsp3) is 0.333. The first-order valence-electron chi connectivity index (χ1n) is 12.3. The SMILES string of the molecule is COc1ccc(S(=O)(=O)Nc2ccc(N(C)C)c(CN(CC3CCCO3)S(=O)(=O)c3ccc(F)cc3)c2)cc1. The zero-order valence-corrected chi connectivity index (χ0v) is 23.6. The molecular weight excluding hydrogens is 545 g/mol. The molecule has 9 nitrogen and oxygen atoms in total. The quantitative estimate of drug-likeness (QED) is 0.366. The minimum Gasteiger partial charge on any atom is -0.497 e. The molecule has 0 amide bonds. The Morgan fingerprint density at radius 3 is 2.23 bits per heavy atom. The molecule has 0 aromatic heterocycles. The lowest BCUT2D eigenvalue weighted by Crippen LogP contribution is -2.37. The largest absolute Gasteiger partial charge is 0.497 e. The average Bonchev–Trinajstić information content (AvgIpc) is 3.41. The van der Waals surface area contributed by atoms with Crippen LogP contribution in [-0.4, -0.2) is 61.6 Å². The molecule has 210 valence electrons. The molecule has 39 heavy (non-hydrogen) atoms. The van der Waals surface area contributed by atoms with Gasteiger partial charge in [-0.1, -0.05) is 0 Å². The van der Waals surface area contributed by atoms with Gasteiger partial charge in [-0.05, 0) is 85.1 Å². The van der Waals surface area contributed by atoms with Crippen LogP contribution in [0.3, 0.4) is 0 Å². The van der Waals surface area contributed by atoms with Gasteiger partial charge in [0.05, 0.1) is 23.0 Å². The van der Waals surface area contributed by atoms with Crippen LogP contribution in [0.5, 0.6) is 5.75 Å². The van der Waals surface area contributed by atoms with Crippen molar-refractivity contribution in [2.45, 2.75) is 35.3 Å². The van der Waals surface area contributed by atoms with E-state index in [9.17, 15) is 21.2 Å². The van der Waals surface area contributed by atoms with E-state index in [1.54, 1.807) is 30.3 Å².